The molecule has 0 aromatic rings. The van der Waals surface area contributed by atoms with E-state index in [1.54, 1.807) is 12.8 Å². The maximum atomic E-state index is 2.81. The van der Waals surface area contributed by atoms with E-state index < -0.39 is 0 Å². The van der Waals surface area contributed by atoms with Gasteiger partial charge in [0.1, 0.15) is 0 Å². The van der Waals surface area contributed by atoms with Crippen LogP contribution in [0.1, 0.15) is 53.9 Å². The van der Waals surface area contributed by atoms with Crippen molar-refractivity contribution in [3.8, 4) is 0 Å². The molecule has 8 rings (SSSR count). The van der Waals surface area contributed by atoms with Crippen LogP contribution in [-0.4, -0.2) is 23.5 Å². The van der Waals surface area contributed by atoms with Crippen LogP contribution in [0, 0.1) is 69.0 Å². The second kappa shape index (κ2) is 2.98. The third-order valence-electron chi connectivity index (χ3n) is 12.8. The monoisotopic (exact) mass is 323 g/mol. The van der Waals surface area contributed by atoms with E-state index in [1.807, 2.05) is 0 Å². The Labute approximate surface area is 146 Å². The van der Waals surface area contributed by atoms with Crippen LogP contribution in [-0.2, 0) is 0 Å². The average molecular weight is 324 g/mol. The van der Waals surface area contributed by atoms with Crippen LogP contribution in [0.2, 0.25) is 0 Å². The summed E-state index contributed by atoms with van der Waals surface area (Å²) in [6, 6.07) is 2.08. The molecule has 2 aliphatic heterocycles. The molecule has 1 nitrogen and oxygen atoms in total. The van der Waals surface area contributed by atoms with Gasteiger partial charge in [-0.05, 0) is 88.3 Å². The molecule has 0 aromatic heterocycles. The molecule has 0 radical (unpaired) electrons. The van der Waals surface area contributed by atoms with Gasteiger partial charge >= 0.3 is 0 Å². The molecule has 6 saturated carbocycles. The molecular weight excluding hydrogens is 290 g/mol. The molecule has 8 fully saturated rings. The fraction of sp³-hybridized carbons (Fsp3) is 1.00. The Morgan fingerprint density at radius 3 is 2.50 bits per heavy atom. The summed E-state index contributed by atoms with van der Waals surface area (Å²) < 4.78 is 0. The fourth-order valence-electron chi connectivity index (χ4n) is 10.4. The van der Waals surface area contributed by atoms with E-state index in [0.717, 1.165) is 46.6 Å². The lowest BCUT2D eigenvalue weighted by Gasteiger charge is -2.42. The van der Waals surface area contributed by atoms with Gasteiger partial charge in [0.25, 0.3) is 0 Å². The van der Waals surface area contributed by atoms with Crippen molar-refractivity contribution in [2.45, 2.75) is 66.0 Å². The zero-order valence-corrected chi connectivity index (χ0v) is 16.0. The van der Waals surface area contributed by atoms with E-state index in [-0.39, 0.29) is 0 Å². The molecule has 14 atom stereocenters. The Morgan fingerprint density at radius 2 is 1.96 bits per heavy atom. The first kappa shape index (κ1) is 13.2. The highest BCUT2D eigenvalue weighted by atomic mass is 15.4. The minimum atomic E-state index is 0.566. The second-order valence-electron chi connectivity index (χ2n) is 12.5. The first-order valence-corrected chi connectivity index (χ1v) is 11.1. The van der Waals surface area contributed by atoms with Gasteiger partial charge in [-0.15, -0.1) is 0 Å². The molecule has 8 aliphatic rings. The molecule has 2 heterocycles. The molecule has 2 saturated heterocycles. The van der Waals surface area contributed by atoms with Crippen LogP contribution in [0.4, 0.5) is 0 Å². The van der Waals surface area contributed by atoms with E-state index in [0.29, 0.717) is 10.8 Å². The number of fused-ring (bicyclic) bond motifs is 3. The van der Waals surface area contributed by atoms with E-state index >= 15 is 0 Å². The van der Waals surface area contributed by atoms with Crippen molar-refractivity contribution in [2.75, 3.05) is 6.54 Å². The van der Waals surface area contributed by atoms with Crippen molar-refractivity contribution in [3.63, 3.8) is 0 Å². The maximum Gasteiger partial charge on any atom is 0.0242 e. The van der Waals surface area contributed by atoms with Crippen molar-refractivity contribution in [2.24, 2.45) is 69.0 Å². The summed E-state index contributed by atoms with van der Waals surface area (Å²) in [5.74, 6) is 9.13. The molecule has 13 unspecified atom stereocenters. The summed E-state index contributed by atoms with van der Waals surface area (Å²) in [7, 11) is 0. The molecule has 0 aromatic carbocycles. The average Bonchev–Trinajstić information content (AvgIpc) is 3.28. The van der Waals surface area contributed by atoms with Crippen molar-refractivity contribution >= 4 is 0 Å². The molecule has 0 N–H and O–H groups in total. The van der Waals surface area contributed by atoms with Gasteiger partial charge in [0, 0.05) is 18.6 Å². The van der Waals surface area contributed by atoms with E-state index in [1.165, 1.54) is 36.6 Å². The highest BCUT2D eigenvalue weighted by Gasteiger charge is 3.10. The van der Waals surface area contributed by atoms with Gasteiger partial charge in [-0.25, -0.2) is 0 Å². The van der Waals surface area contributed by atoms with Gasteiger partial charge in [-0.3, -0.25) is 4.90 Å². The number of hydrogen-bond donors (Lipinski definition) is 0. The van der Waals surface area contributed by atoms with Gasteiger partial charge in [0.2, 0.25) is 0 Å². The maximum absolute atomic E-state index is 2.81. The molecule has 2 spiro atoms. The SMILES string of the molecule is CC(CCC1C2C3[C@@H](C)C123)C(C)(C)C1(C)C2C3C(C4CC5CN54)C321. The van der Waals surface area contributed by atoms with Crippen LogP contribution >= 0.6 is 0 Å². The van der Waals surface area contributed by atoms with Crippen molar-refractivity contribution in [1.82, 2.24) is 4.90 Å². The quantitative estimate of drug-likeness (QED) is 0.659. The zero-order valence-electron chi connectivity index (χ0n) is 16.0. The van der Waals surface area contributed by atoms with E-state index in [4.69, 9.17) is 0 Å². The van der Waals surface area contributed by atoms with Crippen LogP contribution in [0.15, 0.2) is 0 Å². The number of nitrogens with zero attached hydrogens (tertiary/aromatic N) is 1. The first-order valence-electron chi connectivity index (χ1n) is 11.1. The standard InChI is InChI=1S/C23H33N/c1-10(6-7-13-16-15-11(2)22(13,15)16)20(3,4)21(5)19-18-17(23(18,19)21)14-8-12-9-24(12)14/h10-19H,6-9H2,1-5H3/t10?,11-,12?,13?,14?,15?,16?,17?,18?,19?,21?,22?,23?,24?/m1/s1. The molecule has 24 heavy (non-hydrogen) atoms. The van der Waals surface area contributed by atoms with Crippen molar-refractivity contribution in [1.29, 1.82) is 0 Å². The fourth-order valence-corrected chi connectivity index (χ4v) is 10.4. The summed E-state index contributed by atoms with van der Waals surface area (Å²) in [4.78, 5) is 2.81. The minimum Gasteiger partial charge on any atom is -0.294 e. The lowest BCUT2D eigenvalue weighted by Crippen LogP contribution is -2.37. The van der Waals surface area contributed by atoms with Gasteiger partial charge in [-0.2, -0.15) is 0 Å². The largest absolute Gasteiger partial charge is 0.294 e. The molecular formula is C23H33N. The molecule has 6 aliphatic carbocycles. The Morgan fingerprint density at radius 1 is 1.17 bits per heavy atom. The van der Waals surface area contributed by atoms with Gasteiger partial charge < -0.3 is 0 Å². The Kier molecular flexibility index (Phi) is 1.64. The van der Waals surface area contributed by atoms with Gasteiger partial charge in [0.05, 0.1) is 0 Å². The van der Waals surface area contributed by atoms with E-state index in [2.05, 4.69) is 39.5 Å². The Hall–Kier alpha value is -0.0400. The highest BCUT2D eigenvalue weighted by Crippen LogP contribution is 3.12. The van der Waals surface area contributed by atoms with Crippen LogP contribution in [0.25, 0.3) is 0 Å². The summed E-state index contributed by atoms with van der Waals surface area (Å²) in [6.07, 6.45) is 4.64. The zero-order chi connectivity index (χ0) is 16.2. The van der Waals surface area contributed by atoms with Crippen LogP contribution < -0.4 is 0 Å². The summed E-state index contributed by atoms with van der Waals surface area (Å²) in [5, 5.41) is 0. The smallest absolute Gasteiger partial charge is 0.0242 e. The molecule has 130 valence electrons. The lowest BCUT2D eigenvalue weighted by atomic mass is 9.62. The number of rotatable bonds is 6. The van der Waals surface area contributed by atoms with Crippen LogP contribution in [0.3, 0.4) is 0 Å². The van der Waals surface area contributed by atoms with Gasteiger partial charge in [0.15, 0.2) is 0 Å². The second-order valence-corrected chi connectivity index (χ2v) is 12.5. The van der Waals surface area contributed by atoms with Crippen molar-refractivity contribution < 1.29 is 0 Å². The summed E-state index contributed by atoms with van der Waals surface area (Å²) in [6.45, 7) is 14.6. The molecule has 0 bridgehead atoms. The van der Waals surface area contributed by atoms with Gasteiger partial charge in [-0.1, -0.05) is 34.6 Å². The third kappa shape index (κ3) is 0.910. The Balaban J connectivity index is 0.967. The summed E-state index contributed by atoms with van der Waals surface area (Å²) >= 11 is 0. The predicted octanol–water partition coefficient (Wildman–Crippen LogP) is 4.28. The van der Waals surface area contributed by atoms with Crippen LogP contribution in [0.5, 0.6) is 0 Å². The first-order chi connectivity index (χ1) is 11.4. The van der Waals surface area contributed by atoms with E-state index in [9.17, 15) is 0 Å². The normalized spacial score (nSPS) is 76.9. The highest BCUT2D eigenvalue weighted by molar-refractivity contribution is 5.57. The predicted molar refractivity (Wildman–Crippen MR) is 94.2 cm³/mol. The third-order valence-corrected chi connectivity index (χ3v) is 12.8. The van der Waals surface area contributed by atoms with Crippen molar-refractivity contribution in [3.05, 3.63) is 0 Å². The Bertz CT molecular complexity index is 720. The summed E-state index contributed by atoms with van der Waals surface area (Å²) in [5.41, 5.74) is 3.09. The number of hydrogen-bond acceptors (Lipinski definition) is 1. The lowest BCUT2D eigenvalue weighted by molar-refractivity contribution is 0.0616. The topological polar surface area (TPSA) is 3.01 Å². The molecule has 0 amide bonds. The minimum absolute atomic E-state index is 0.566. The molecule has 1 heteroatoms.